The van der Waals surface area contributed by atoms with Gasteiger partial charge < -0.3 is 10.0 Å². The van der Waals surface area contributed by atoms with Crippen LogP contribution in [-0.4, -0.2) is 42.3 Å². The van der Waals surface area contributed by atoms with Crippen molar-refractivity contribution in [2.45, 2.75) is 25.6 Å². The summed E-state index contributed by atoms with van der Waals surface area (Å²) < 4.78 is 0. The molecule has 2 rings (SSSR count). The zero-order chi connectivity index (χ0) is 12.6. The van der Waals surface area contributed by atoms with Crippen molar-refractivity contribution in [1.82, 2.24) is 10.4 Å². The average Bonchev–Trinajstić information content (AvgIpc) is 2.89. The van der Waals surface area contributed by atoms with E-state index in [0.29, 0.717) is 13.2 Å². The maximum Gasteiger partial charge on any atom is 0.0933 e. The van der Waals surface area contributed by atoms with Gasteiger partial charge in [-0.3, -0.25) is 4.84 Å². The van der Waals surface area contributed by atoms with E-state index < -0.39 is 0 Å². The van der Waals surface area contributed by atoms with E-state index >= 15 is 0 Å². The summed E-state index contributed by atoms with van der Waals surface area (Å²) in [6, 6.07) is 9.99. The van der Waals surface area contributed by atoms with Crippen molar-refractivity contribution in [3.05, 3.63) is 35.9 Å². The number of β-amino-alcohol motifs (C(OH)–C–C–N with tert-alkyl or cyclic N) is 1. The third kappa shape index (κ3) is 4.74. The van der Waals surface area contributed by atoms with Crippen molar-refractivity contribution < 1.29 is 9.94 Å². The van der Waals surface area contributed by atoms with Crippen LogP contribution in [0.4, 0.5) is 0 Å². The predicted molar refractivity (Wildman–Crippen MR) is 70.9 cm³/mol. The predicted octanol–water partition coefficient (Wildman–Crippen LogP) is 1.16. The fraction of sp³-hybridized carbons (Fsp3) is 0.571. The number of hydrogen-bond donors (Lipinski definition) is 2. The lowest BCUT2D eigenvalue weighted by molar-refractivity contribution is -0.00245. The second-order valence-electron chi connectivity index (χ2n) is 4.78. The van der Waals surface area contributed by atoms with Gasteiger partial charge >= 0.3 is 0 Å². The molecule has 1 aromatic carbocycles. The summed E-state index contributed by atoms with van der Waals surface area (Å²) in [6.07, 6.45) is 2.15. The van der Waals surface area contributed by atoms with Crippen LogP contribution in [0, 0.1) is 0 Å². The first-order valence-electron chi connectivity index (χ1n) is 6.63. The molecule has 18 heavy (non-hydrogen) atoms. The Kier molecular flexibility index (Phi) is 5.61. The molecule has 4 nitrogen and oxygen atoms in total. The molecule has 0 aliphatic carbocycles. The first-order valence-corrected chi connectivity index (χ1v) is 6.63. The van der Waals surface area contributed by atoms with Crippen LogP contribution < -0.4 is 5.48 Å². The van der Waals surface area contributed by atoms with Gasteiger partial charge in [0.15, 0.2) is 0 Å². The van der Waals surface area contributed by atoms with E-state index in [1.807, 2.05) is 30.3 Å². The Bertz CT molecular complexity index is 326. The van der Waals surface area contributed by atoms with Crippen LogP contribution in [0.5, 0.6) is 0 Å². The van der Waals surface area contributed by atoms with Gasteiger partial charge in [0.05, 0.1) is 12.7 Å². The number of aliphatic hydroxyl groups is 1. The van der Waals surface area contributed by atoms with Crippen molar-refractivity contribution in [3.8, 4) is 0 Å². The minimum Gasteiger partial charge on any atom is -0.390 e. The summed E-state index contributed by atoms with van der Waals surface area (Å²) in [5, 5.41) is 9.82. The third-order valence-corrected chi connectivity index (χ3v) is 3.17. The zero-order valence-corrected chi connectivity index (χ0v) is 10.7. The number of nitrogens with one attached hydrogen (secondary N) is 1. The molecule has 0 spiro atoms. The van der Waals surface area contributed by atoms with Crippen LogP contribution in [0.25, 0.3) is 0 Å². The number of aliphatic hydroxyl groups excluding tert-OH is 1. The van der Waals surface area contributed by atoms with Gasteiger partial charge in [0, 0.05) is 13.1 Å². The number of benzene rings is 1. The van der Waals surface area contributed by atoms with Crippen molar-refractivity contribution in [1.29, 1.82) is 0 Å². The Morgan fingerprint density at radius 1 is 1.22 bits per heavy atom. The van der Waals surface area contributed by atoms with Gasteiger partial charge in [-0.05, 0) is 31.5 Å². The molecule has 0 radical (unpaired) electrons. The average molecular weight is 250 g/mol. The molecule has 2 N–H and O–H groups in total. The van der Waals surface area contributed by atoms with Crippen LogP contribution in [0.15, 0.2) is 30.3 Å². The van der Waals surface area contributed by atoms with E-state index in [1.165, 1.54) is 12.8 Å². The van der Waals surface area contributed by atoms with Crippen molar-refractivity contribution in [2.75, 3.05) is 26.2 Å². The topological polar surface area (TPSA) is 44.7 Å². The Morgan fingerprint density at radius 3 is 2.67 bits per heavy atom. The second kappa shape index (κ2) is 7.48. The molecule has 1 heterocycles. The molecule has 1 atom stereocenters. The summed E-state index contributed by atoms with van der Waals surface area (Å²) in [7, 11) is 0. The summed E-state index contributed by atoms with van der Waals surface area (Å²) in [6.45, 7) is 3.96. The van der Waals surface area contributed by atoms with Crippen LogP contribution in [0.1, 0.15) is 18.4 Å². The Balaban J connectivity index is 1.54. The molecular formula is C14H22N2O2. The highest BCUT2D eigenvalue weighted by Gasteiger charge is 2.15. The van der Waals surface area contributed by atoms with Crippen molar-refractivity contribution >= 4 is 0 Å². The van der Waals surface area contributed by atoms with Crippen LogP contribution in [0.2, 0.25) is 0 Å². The number of nitrogens with zero attached hydrogens (tertiary/aromatic N) is 1. The Labute approximate surface area is 109 Å². The summed E-state index contributed by atoms with van der Waals surface area (Å²) >= 11 is 0. The molecule has 1 saturated heterocycles. The molecule has 4 heteroatoms. The molecule has 1 fully saturated rings. The smallest absolute Gasteiger partial charge is 0.0933 e. The zero-order valence-electron chi connectivity index (χ0n) is 10.7. The highest BCUT2D eigenvalue weighted by molar-refractivity contribution is 5.13. The van der Waals surface area contributed by atoms with Gasteiger partial charge in [0.2, 0.25) is 0 Å². The molecule has 1 unspecified atom stereocenters. The molecule has 1 aromatic rings. The SMILES string of the molecule is OC(CNOCc1ccccc1)CN1CCCC1. The lowest BCUT2D eigenvalue weighted by Crippen LogP contribution is -2.37. The second-order valence-corrected chi connectivity index (χ2v) is 4.78. The lowest BCUT2D eigenvalue weighted by Gasteiger charge is -2.19. The number of hydroxylamine groups is 1. The first-order chi connectivity index (χ1) is 8.84. The first kappa shape index (κ1) is 13.5. The Morgan fingerprint density at radius 2 is 1.94 bits per heavy atom. The molecule has 100 valence electrons. The fourth-order valence-electron chi connectivity index (χ4n) is 2.19. The minimum atomic E-state index is -0.362. The van der Waals surface area contributed by atoms with Gasteiger partial charge in [0.25, 0.3) is 0 Å². The van der Waals surface area contributed by atoms with Crippen molar-refractivity contribution in [2.24, 2.45) is 0 Å². The molecular weight excluding hydrogens is 228 g/mol. The van der Waals surface area contributed by atoms with Gasteiger partial charge in [-0.2, -0.15) is 5.48 Å². The van der Waals surface area contributed by atoms with E-state index in [1.54, 1.807) is 0 Å². The van der Waals surface area contributed by atoms with Gasteiger partial charge in [-0.1, -0.05) is 30.3 Å². The quantitative estimate of drug-likeness (QED) is 0.563. The maximum absolute atomic E-state index is 9.82. The van der Waals surface area contributed by atoms with E-state index in [4.69, 9.17) is 4.84 Å². The van der Waals surface area contributed by atoms with E-state index in [2.05, 4.69) is 10.4 Å². The van der Waals surface area contributed by atoms with Crippen LogP contribution in [-0.2, 0) is 11.4 Å². The normalized spacial score (nSPS) is 18.1. The lowest BCUT2D eigenvalue weighted by atomic mass is 10.2. The van der Waals surface area contributed by atoms with Gasteiger partial charge in [0.1, 0.15) is 0 Å². The van der Waals surface area contributed by atoms with E-state index in [9.17, 15) is 5.11 Å². The molecule has 1 aliphatic heterocycles. The molecule has 0 aromatic heterocycles. The molecule has 0 amide bonds. The summed E-state index contributed by atoms with van der Waals surface area (Å²) in [4.78, 5) is 7.62. The standard InChI is InChI=1S/C14H22N2O2/c17-14(11-16-8-4-5-9-16)10-15-18-12-13-6-2-1-3-7-13/h1-3,6-7,14-15,17H,4-5,8-12H2. The van der Waals surface area contributed by atoms with Crippen LogP contribution >= 0.6 is 0 Å². The monoisotopic (exact) mass is 250 g/mol. The minimum absolute atomic E-state index is 0.362. The molecule has 0 bridgehead atoms. The fourth-order valence-corrected chi connectivity index (χ4v) is 2.19. The highest BCUT2D eigenvalue weighted by atomic mass is 16.6. The summed E-state index contributed by atoms with van der Waals surface area (Å²) in [5.41, 5.74) is 3.96. The van der Waals surface area contributed by atoms with E-state index in [-0.39, 0.29) is 6.10 Å². The number of hydrogen-bond acceptors (Lipinski definition) is 4. The molecule has 1 aliphatic rings. The van der Waals surface area contributed by atoms with Crippen molar-refractivity contribution in [3.63, 3.8) is 0 Å². The highest BCUT2D eigenvalue weighted by Crippen LogP contribution is 2.07. The molecule has 0 saturated carbocycles. The largest absolute Gasteiger partial charge is 0.390 e. The number of rotatable bonds is 7. The summed E-state index contributed by atoms with van der Waals surface area (Å²) in [5.74, 6) is 0. The Hall–Kier alpha value is -0.940. The van der Waals surface area contributed by atoms with Crippen LogP contribution in [0.3, 0.4) is 0 Å². The number of likely N-dealkylation sites (tertiary alicyclic amines) is 1. The maximum atomic E-state index is 9.82. The van der Waals surface area contributed by atoms with Gasteiger partial charge in [-0.25, -0.2) is 0 Å². The van der Waals surface area contributed by atoms with E-state index in [0.717, 1.165) is 25.2 Å². The third-order valence-electron chi connectivity index (χ3n) is 3.17. The van der Waals surface area contributed by atoms with Gasteiger partial charge in [-0.15, -0.1) is 0 Å².